The van der Waals surface area contributed by atoms with Gasteiger partial charge < -0.3 is 10.1 Å². The van der Waals surface area contributed by atoms with Crippen molar-refractivity contribution in [2.24, 2.45) is 0 Å². The van der Waals surface area contributed by atoms with E-state index in [1.807, 2.05) is 24.3 Å². The van der Waals surface area contributed by atoms with Gasteiger partial charge in [-0.3, -0.25) is 14.2 Å². The molecule has 6 nitrogen and oxygen atoms in total. The van der Waals surface area contributed by atoms with Crippen LogP contribution < -0.4 is 10.9 Å². The van der Waals surface area contributed by atoms with Crippen LogP contribution in [-0.4, -0.2) is 34.2 Å². The van der Waals surface area contributed by atoms with Gasteiger partial charge in [0.25, 0.3) is 11.5 Å². The molecule has 34 heavy (non-hydrogen) atoms. The molecule has 2 heterocycles. The molecule has 1 aliphatic carbocycles. The Kier molecular flexibility index (Phi) is 7.23. The van der Waals surface area contributed by atoms with Gasteiger partial charge in [-0.2, -0.15) is 0 Å². The van der Waals surface area contributed by atoms with Crippen molar-refractivity contribution in [1.29, 1.82) is 0 Å². The van der Waals surface area contributed by atoms with Crippen LogP contribution >= 0.6 is 23.4 Å². The summed E-state index contributed by atoms with van der Waals surface area (Å²) in [7, 11) is 0. The Balaban J connectivity index is 1.48. The Morgan fingerprint density at radius 1 is 1.15 bits per heavy atom. The molecule has 8 heteroatoms. The molecule has 2 aliphatic rings. The standard InChI is InChI=1S/C26H28ClN3O3S/c27-22-10-4-1-6-18(22)16-34-26-29-23-14-17(24(31)28-19-7-2-3-8-19)11-12-21(23)25(32)30(26)15-20-9-5-13-33-20/h1,4,6,10-12,14,19-20H,2-3,5,7-9,13,15-16H2,(H,28,31)/t20-/m1/s1. The topological polar surface area (TPSA) is 73.2 Å². The summed E-state index contributed by atoms with van der Waals surface area (Å²) in [6.07, 6.45) is 6.29. The van der Waals surface area contributed by atoms with Gasteiger partial charge in [-0.05, 0) is 55.5 Å². The lowest BCUT2D eigenvalue weighted by atomic mass is 10.1. The lowest BCUT2D eigenvalue weighted by Gasteiger charge is -2.17. The Morgan fingerprint density at radius 3 is 2.74 bits per heavy atom. The first kappa shape index (κ1) is 23.4. The number of hydrogen-bond donors (Lipinski definition) is 1. The van der Waals surface area contributed by atoms with E-state index in [1.54, 1.807) is 22.8 Å². The summed E-state index contributed by atoms with van der Waals surface area (Å²) >= 11 is 7.83. The number of carbonyl (C=O) groups excluding carboxylic acids is 1. The predicted molar refractivity (Wildman–Crippen MR) is 136 cm³/mol. The maximum atomic E-state index is 13.5. The molecule has 1 atom stereocenters. The zero-order chi connectivity index (χ0) is 23.5. The number of thioether (sulfide) groups is 1. The molecule has 5 rings (SSSR count). The number of nitrogens with zero attached hydrogens (tertiary/aromatic N) is 2. The number of fused-ring (bicyclic) bond motifs is 1. The molecule has 1 aromatic heterocycles. The van der Waals surface area contributed by atoms with Crippen LogP contribution in [0.15, 0.2) is 52.4 Å². The van der Waals surface area contributed by atoms with Crippen LogP contribution in [-0.2, 0) is 17.0 Å². The fourth-order valence-electron chi connectivity index (χ4n) is 4.70. The SMILES string of the molecule is O=C(NC1CCCC1)c1ccc2c(=O)n(C[C@H]3CCCO3)c(SCc3ccccc3Cl)nc2c1. The van der Waals surface area contributed by atoms with E-state index in [9.17, 15) is 9.59 Å². The zero-order valence-corrected chi connectivity index (χ0v) is 20.5. The van der Waals surface area contributed by atoms with Gasteiger partial charge in [-0.1, -0.05) is 54.4 Å². The van der Waals surface area contributed by atoms with E-state index in [0.29, 0.717) is 38.9 Å². The van der Waals surface area contributed by atoms with Crippen LogP contribution in [0.1, 0.15) is 54.4 Å². The maximum Gasteiger partial charge on any atom is 0.262 e. The highest BCUT2D eigenvalue weighted by Crippen LogP contribution is 2.27. The molecular formula is C26H28ClN3O3S. The molecule has 1 saturated heterocycles. The number of hydrogen-bond acceptors (Lipinski definition) is 5. The van der Waals surface area contributed by atoms with Crippen LogP contribution in [0, 0.1) is 0 Å². The molecule has 1 aliphatic heterocycles. The van der Waals surface area contributed by atoms with E-state index >= 15 is 0 Å². The number of ether oxygens (including phenoxy) is 1. The first-order chi connectivity index (χ1) is 16.6. The maximum absolute atomic E-state index is 13.5. The minimum absolute atomic E-state index is 0.00748. The zero-order valence-electron chi connectivity index (χ0n) is 19.0. The number of rotatable bonds is 7. The Bertz CT molecular complexity index is 1250. The molecule has 178 valence electrons. The molecule has 0 spiro atoms. The number of carbonyl (C=O) groups is 1. The van der Waals surface area contributed by atoms with Crippen molar-refractivity contribution < 1.29 is 9.53 Å². The third kappa shape index (κ3) is 5.16. The van der Waals surface area contributed by atoms with Crippen LogP contribution in [0.25, 0.3) is 10.9 Å². The molecule has 1 saturated carbocycles. The molecule has 1 N–H and O–H groups in total. The molecule has 1 amide bonds. The van der Waals surface area contributed by atoms with E-state index in [-0.39, 0.29) is 23.6 Å². The molecule has 2 aromatic carbocycles. The van der Waals surface area contributed by atoms with Crippen molar-refractivity contribution in [3.63, 3.8) is 0 Å². The first-order valence-corrected chi connectivity index (χ1v) is 13.3. The third-order valence-electron chi connectivity index (χ3n) is 6.60. The number of halogens is 1. The lowest BCUT2D eigenvalue weighted by molar-refractivity contribution is 0.0935. The molecular weight excluding hydrogens is 470 g/mol. The minimum atomic E-state index is -0.107. The smallest absolute Gasteiger partial charge is 0.262 e. The molecule has 2 fully saturated rings. The van der Waals surface area contributed by atoms with Crippen molar-refractivity contribution in [2.75, 3.05) is 6.61 Å². The van der Waals surface area contributed by atoms with Crippen LogP contribution in [0.3, 0.4) is 0 Å². The van der Waals surface area contributed by atoms with Crippen LogP contribution in [0.4, 0.5) is 0 Å². The molecule has 3 aromatic rings. The second-order valence-corrected chi connectivity index (χ2v) is 10.4. The average molecular weight is 498 g/mol. The molecule has 0 radical (unpaired) electrons. The fourth-order valence-corrected chi connectivity index (χ4v) is 6.00. The second-order valence-electron chi connectivity index (χ2n) is 9.01. The average Bonchev–Trinajstić information content (AvgIpc) is 3.55. The first-order valence-electron chi connectivity index (χ1n) is 11.9. The van der Waals surface area contributed by atoms with Crippen molar-refractivity contribution in [3.05, 3.63) is 69.0 Å². The largest absolute Gasteiger partial charge is 0.376 e. The van der Waals surface area contributed by atoms with Gasteiger partial charge >= 0.3 is 0 Å². The third-order valence-corrected chi connectivity index (χ3v) is 7.99. The number of aromatic nitrogens is 2. The highest BCUT2D eigenvalue weighted by Gasteiger charge is 2.22. The van der Waals surface area contributed by atoms with E-state index in [2.05, 4.69) is 5.32 Å². The van der Waals surface area contributed by atoms with E-state index in [4.69, 9.17) is 21.3 Å². The van der Waals surface area contributed by atoms with E-state index < -0.39 is 0 Å². The second kappa shape index (κ2) is 10.5. The summed E-state index contributed by atoms with van der Waals surface area (Å²) in [4.78, 5) is 31.1. The van der Waals surface area contributed by atoms with Crippen molar-refractivity contribution in [2.45, 2.75) is 68.1 Å². The van der Waals surface area contributed by atoms with Crippen LogP contribution in [0.2, 0.25) is 5.02 Å². The monoisotopic (exact) mass is 497 g/mol. The summed E-state index contributed by atoms with van der Waals surface area (Å²) in [6, 6.07) is 13.1. The highest BCUT2D eigenvalue weighted by atomic mass is 35.5. The van der Waals surface area contributed by atoms with Gasteiger partial charge in [0.1, 0.15) is 0 Å². The van der Waals surface area contributed by atoms with Crippen molar-refractivity contribution >= 4 is 40.2 Å². The van der Waals surface area contributed by atoms with Crippen molar-refractivity contribution in [1.82, 2.24) is 14.9 Å². The Hall–Kier alpha value is -2.35. The summed E-state index contributed by atoms with van der Waals surface area (Å²) in [5.41, 5.74) is 1.95. The van der Waals surface area contributed by atoms with Gasteiger partial charge in [-0.25, -0.2) is 4.98 Å². The fraction of sp³-hybridized carbons (Fsp3) is 0.423. The summed E-state index contributed by atoms with van der Waals surface area (Å²) < 4.78 is 7.52. The Morgan fingerprint density at radius 2 is 1.97 bits per heavy atom. The van der Waals surface area contributed by atoms with Crippen LogP contribution in [0.5, 0.6) is 0 Å². The number of benzene rings is 2. The van der Waals surface area contributed by atoms with Gasteiger partial charge in [0.05, 0.1) is 23.6 Å². The number of nitrogens with one attached hydrogen (secondary N) is 1. The van der Waals surface area contributed by atoms with Gasteiger partial charge in [-0.15, -0.1) is 0 Å². The van der Waals surface area contributed by atoms with Crippen molar-refractivity contribution in [3.8, 4) is 0 Å². The minimum Gasteiger partial charge on any atom is -0.376 e. The van der Waals surface area contributed by atoms with E-state index in [1.165, 1.54) is 11.8 Å². The summed E-state index contributed by atoms with van der Waals surface area (Å²) in [5.74, 6) is 0.481. The lowest BCUT2D eigenvalue weighted by Crippen LogP contribution is -2.32. The Labute approximate surface area is 208 Å². The molecule has 0 bridgehead atoms. The van der Waals surface area contributed by atoms with Gasteiger partial charge in [0.15, 0.2) is 5.16 Å². The van der Waals surface area contributed by atoms with E-state index in [0.717, 1.165) is 50.7 Å². The predicted octanol–water partition coefficient (Wildman–Crippen LogP) is 5.19. The van der Waals surface area contributed by atoms with Gasteiger partial charge in [0, 0.05) is 29.0 Å². The number of amides is 1. The van der Waals surface area contributed by atoms with Gasteiger partial charge in [0.2, 0.25) is 0 Å². The quantitative estimate of drug-likeness (QED) is 0.359. The highest BCUT2D eigenvalue weighted by molar-refractivity contribution is 7.98. The normalized spacial score (nSPS) is 18.6. The molecule has 0 unspecified atom stereocenters. The summed E-state index contributed by atoms with van der Waals surface area (Å²) in [5, 5.41) is 4.93. The summed E-state index contributed by atoms with van der Waals surface area (Å²) in [6.45, 7) is 1.19.